The zero-order chi connectivity index (χ0) is 20.1. The van der Waals surface area contributed by atoms with Crippen LogP contribution < -0.4 is 14.4 Å². The van der Waals surface area contributed by atoms with Gasteiger partial charge in [-0.3, -0.25) is 9.78 Å². The van der Waals surface area contributed by atoms with Crippen LogP contribution in [0.1, 0.15) is 15.9 Å². The van der Waals surface area contributed by atoms with Crippen molar-refractivity contribution >= 4 is 33.6 Å². The van der Waals surface area contributed by atoms with E-state index in [-0.39, 0.29) is 5.91 Å². The number of carbonyl (C=O) groups excluding carboxylic acids is 1. The van der Waals surface area contributed by atoms with Crippen LogP contribution in [0.3, 0.4) is 0 Å². The van der Waals surface area contributed by atoms with E-state index in [1.165, 1.54) is 0 Å². The lowest BCUT2D eigenvalue weighted by Crippen LogP contribution is -2.31. The number of halogens is 1. The average molecular weight is 451 g/mol. The van der Waals surface area contributed by atoms with Crippen LogP contribution >= 0.6 is 15.9 Å². The maximum atomic E-state index is 13.3. The molecule has 1 aliphatic heterocycles. The Morgan fingerprint density at radius 2 is 1.83 bits per heavy atom. The number of nitrogens with zero attached hydrogens (tertiary/aromatic N) is 2. The SMILES string of the molecule is O=C(c1cncc(Br)c1)N(C/C=C/c1ccccc1)c1ccc2c(c1)OCCO2. The van der Waals surface area contributed by atoms with E-state index in [9.17, 15) is 4.79 Å². The molecule has 6 heteroatoms. The normalized spacial score (nSPS) is 12.7. The summed E-state index contributed by atoms with van der Waals surface area (Å²) in [5.41, 5.74) is 2.31. The molecule has 0 saturated heterocycles. The molecule has 3 aromatic rings. The number of hydrogen-bond acceptors (Lipinski definition) is 4. The molecule has 1 aromatic heterocycles. The summed E-state index contributed by atoms with van der Waals surface area (Å²) in [4.78, 5) is 19.1. The molecule has 146 valence electrons. The third-order valence-corrected chi connectivity index (χ3v) is 4.87. The second-order valence-corrected chi connectivity index (χ2v) is 7.36. The van der Waals surface area contributed by atoms with Gasteiger partial charge in [0.2, 0.25) is 0 Å². The lowest BCUT2D eigenvalue weighted by atomic mass is 10.2. The number of pyridine rings is 1. The topological polar surface area (TPSA) is 51.7 Å². The Kier molecular flexibility index (Phi) is 5.91. The highest BCUT2D eigenvalue weighted by Crippen LogP contribution is 2.34. The van der Waals surface area contributed by atoms with Gasteiger partial charge >= 0.3 is 0 Å². The lowest BCUT2D eigenvalue weighted by molar-refractivity contribution is 0.0989. The Morgan fingerprint density at radius 1 is 1.03 bits per heavy atom. The first kappa shape index (κ1) is 19.2. The molecule has 2 aromatic carbocycles. The van der Waals surface area contributed by atoms with Crippen LogP contribution in [0.15, 0.2) is 77.5 Å². The van der Waals surface area contributed by atoms with Crippen molar-refractivity contribution in [2.45, 2.75) is 0 Å². The Hall–Kier alpha value is -3.12. The molecule has 0 spiro atoms. The van der Waals surface area contributed by atoms with E-state index in [0.29, 0.717) is 36.8 Å². The summed E-state index contributed by atoms with van der Waals surface area (Å²) in [6.07, 6.45) is 7.19. The Balaban J connectivity index is 1.65. The Bertz CT molecular complexity index is 1040. The fourth-order valence-electron chi connectivity index (χ4n) is 3.05. The van der Waals surface area contributed by atoms with Crippen LogP contribution in [0.25, 0.3) is 6.08 Å². The van der Waals surface area contributed by atoms with Gasteiger partial charge in [-0.25, -0.2) is 0 Å². The van der Waals surface area contributed by atoms with Crippen molar-refractivity contribution in [2.75, 3.05) is 24.7 Å². The van der Waals surface area contributed by atoms with Crippen molar-refractivity contribution in [3.05, 3.63) is 88.7 Å². The molecule has 0 bridgehead atoms. The summed E-state index contributed by atoms with van der Waals surface area (Å²) < 4.78 is 12.0. The summed E-state index contributed by atoms with van der Waals surface area (Å²) in [5.74, 6) is 1.19. The van der Waals surface area contributed by atoms with Crippen molar-refractivity contribution in [1.82, 2.24) is 4.98 Å². The van der Waals surface area contributed by atoms with Crippen molar-refractivity contribution in [3.8, 4) is 11.5 Å². The highest BCUT2D eigenvalue weighted by atomic mass is 79.9. The fraction of sp³-hybridized carbons (Fsp3) is 0.130. The second-order valence-electron chi connectivity index (χ2n) is 6.45. The first-order valence-corrected chi connectivity index (χ1v) is 10.0. The molecule has 0 fully saturated rings. The number of hydrogen-bond donors (Lipinski definition) is 0. The standard InChI is InChI=1S/C23H19BrN2O3/c24-19-13-18(15-25-16-19)23(27)26(10-4-7-17-5-2-1-3-6-17)20-8-9-21-22(14-20)29-12-11-28-21/h1-9,13-16H,10-12H2/b7-4+. The molecule has 2 heterocycles. The molecule has 0 N–H and O–H groups in total. The summed E-state index contributed by atoms with van der Waals surface area (Å²) >= 11 is 3.38. The summed E-state index contributed by atoms with van der Waals surface area (Å²) in [6, 6.07) is 17.3. The predicted octanol–water partition coefficient (Wildman–Crippen LogP) is 4.98. The van der Waals surface area contributed by atoms with Crippen molar-refractivity contribution < 1.29 is 14.3 Å². The van der Waals surface area contributed by atoms with E-state index in [0.717, 1.165) is 15.7 Å². The van der Waals surface area contributed by atoms with Gasteiger partial charge in [-0.15, -0.1) is 0 Å². The van der Waals surface area contributed by atoms with Crippen LogP contribution in [0.5, 0.6) is 11.5 Å². The predicted molar refractivity (Wildman–Crippen MR) is 117 cm³/mol. The van der Waals surface area contributed by atoms with Gasteiger partial charge in [0.25, 0.3) is 5.91 Å². The van der Waals surface area contributed by atoms with Crippen molar-refractivity contribution in [3.63, 3.8) is 0 Å². The smallest absolute Gasteiger partial charge is 0.260 e. The molecular formula is C23H19BrN2O3. The van der Waals surface area contributed by atoms with Gasteiger partial charge in [0.15, 0.2) is 11.5 Å². The minimum atomic E-state index is -0.145. The van der Waals surface area contributed by atoms with Gasteiger partial charge in [0.05, 0.1) is 5.56 Å². The third-order valence-electron chi connectivity index (χ3n) is 4.43. The number of rotatable bonds is 5. The number of anilines is 1. The van der Waals surface area contributed by atoms with E-state index in [1.54, 1.807) is 23.4 Å². The van der Waals surface area contributed by atoms with E-state index in [1.807, 2.05) is 60.7 Å². The number of amides is 1. The van der Waals surface area contributed by atoms with Crippen LogP contribution in [0.4, 0.5) is 5.69 Å². The van der Waals surface area contributed by atoms with Gasteiger partial charge in [-0.1, -0.05) is 42.5 Å². The molecule has 4 rings (SSSR count). The summed E-state index contributed by atoms with van der Waals surface area (Å²) in [7, 11) is 0. The molecule has 29 heavy (non-hydrogen) atoms. The van der Waals surface area contributed by atoms with Gasteiger partial charge in [-0.2, -0.15) is 0 Å². The largest absolute Gasteiger partial charge is 0.486 e. The molecule has 1 aliphatic rings. The van der Waals surface area contributed by atoms with E-state index < -0.39 is 0 Å². The number of ether oxygens (including phenoxy) is 2. The average Bonchev–Trinajstić information content (AvgIpc) is 2.77. The number of benzene rings is 2. The molecule has 0 saturated carbocycles. The minimum absolute atomic E-state index is 0.145. The quantitative estimate of drug-likeness (QED) is 0.550. The van der Waals surface area contributed by atoms with Gasteiger partial charge in [0, 0.05) is 35.2 Å². The lowest BCUT2D eigenvalue weighted by Gasteiger charge is -2.24. The minimum Gasteiger partial charge on any atom is -0.486 e. The van der Waals surface area contributed by atoms with Crippen LogP contribution in [-0.2, 0) is 0 Å². The maximum Gasteiger partial charge on any atom is 0.260 e. The molecule has 0 radical (unpaired) electrons. The first-order valence-electron chi connectivity index (χ1n) is 9.24. The number of carbonyl (C=O) groups is 1. The molecule has 5 nitrogen and oxygen atoms in total. The summed E-state index contributed by atoms with van der Waals surface area (Å²) in [5, 5.41) is 0. The van der Waals surface area contributed by atoms with Gasteiger partial charge in [0.1, 0.15) is 13.2 Å². The zero-order valence-corrected chi connectivity index (χ0v) is 17.2. The number of fused-ring (bicyclic) bond motifs is 1. The maximum absolute atomic E-state index is 13.3. The van der Waals surface area contributed by atoms with E-state index >= 15 is 0 Å². The summed E-state index contributed by atoms with van der Waals surface area (Å²) in [6.45, 7) is 1.42. The molecule has 1 amide bonds. The fourth-order valence-corrected chi connectivity index (χ4v) is 3.41. The highest BCUT2D eigenvalue weighted by Gasteiger charge is 2.20. The van der Waals surface area contributed by atoms with Crippen molar-refractivity contribution in [1.29, 1.82) is 0 Å². The Labute approximate surface area is 177 Å². The van der Waals surface area contributed by atoms with Crippen LogP contribution in [-0.4, -0.2) is 30.6 Å². The van der Waals surface area contributed by atoms with Crippen molar-refractivity contribution in [2.24, 2.45) is 0 Å². The first-order chi connectivity index (χ1) is 14.2. The molecule has 0 aliphatic carbocycles. The van der Waals surface area contributed by atoms with Crippen LogP contribution in [0, 0.1) is 0 Å². The third kappa shape index (κ3) is 4.66. The molecule has 0 unspecified atom stereocenters. The zero-order valence-electron chi connectivity index (χ0n) is 15.6. The monoisotopic (exact) mass is 450 g/mol. The molecular weight excluding hydrogens is 432 g/mol. The molecule has 0 atom stereocenters. The second kappa shape index (κ2) is 8.92. The van der Waals surface area contributed by atoms with Gasteiger partial charge < -0.3 is 14.4 Å². The van der Waals surface area contributed by atoms with E-state index in [4.69, 9.17) is 9.47 Å². The number of aromatic nitrogens is 1. The Morgan fingerprint density at radius 3 is 2.62 bits per heavy atom. The van der Waals surface area contributed by atoms with E-state index in [2.05, 4.69) is 20.9 Å². The van der Waals surface area contributed by atoms with Gasteiger partial charge in [-0.05, 0) is 39.7 Å². The highest BCUT2D eigenvalue weighted by molar-refractivity contribution is 9.10. The van der Waals surface area contributed by atoms with Crippen LogP contribution in [0.2, 0.25) is 0 Å².